The van der Waals surface area contributed by atoms with E-state index in [1.807, 2.05) is 0 Å². The van der Waals surface area contributed by atoms with Crippen molar-refractivity contribution < 1.29 is 36.9 Å². The van der Waals surface area contributed by atoms with E-state index in [1.54, 1.807) is 36.7 Å². The molecule has 282 valence electrons. The molecule has 0 spiro atoms. The third kappa shape index (κ3) is 6.81. The van der Waals surface area contributed by atoms with Gasteiger partial charge in [-0.15, -0.1) is 5.92 Å². The Bertz CT molecular complexity index is 2050. The summed E-state index contributed by atoms with van der Waals surface area (Å²) in [5.74, 6) is 3.67. The number of fused-ring (bicyclic) bond motifs is 3. The lowest BCUT2D eigenvalue weighted by Gasteiger charge is -2.34. The van der Waals surface area contributed by atoms with E-state index in [4.69, 9.17) is 25.2 Å². The summed E-state index contributed by atoms with van der Waals surface area (Å²) >= 11 is 0. The third-order valence-corrected chi connectivity index (χ3v) is 10.4. The maximum Gasteiger partial charge on any atom is 0.418 e. The van der Waals surface area contributed by atoms with Gasteiger partial charge in [0.05, 0.1) is 66.1 Å². The molecule has 0 saturated carbocycles. The van der Waals surface area contributed by atoms with Gasteiger partial charge in [-0.25, -0.2) is 4.39 Å². The van der Waals surface area contributed by atoms with Gasteiger partial charge < -0.3 is 30.1 Å². The van der Waals surface area contributed by atoms with E-state index in [0.717, 1.165) is 44.0 Å². The Morgan fingerprint density at radius 1 is 1.25 bits per heavy atom. The molecule has 7 rings (SSSR count). The van der Waals surface area contributed by atoms with Gasteiger partial charge in [-0.05, 0) is 51.8 Å². The van der Waals surface area contributed by atoms with Crippen LogP contribution < -0.4 is 15.4 Å². The highest BCUT2D eigenvalue weighted by atomic mass is 19.4. The molecule has 0 radical (unpaired) electrons. The standard InChI is InChI=1S/C37H42F4N8O4/c1-6-8-22-11-25(42)31(38)29(30(22)37(39,40)41)28-13-26-24(17-52-28)32(44-34(43-26)53-20-36-9-7-10-48(36)15-21(2)14-36)47-16-23-12-27(33(50)46(4)5)45-49(23)19-35(3,51)18-47/h11-12,28,51H,2,7,9-10,13-20,42H2,1,3-5H3/t28-,35-,36-/m0/s1. The molecule has 4 aliphatic rings. The molecule has 0 unspecified atom stereocenters. The maximum absolute atomic E-state index is 15.8. The molecular formula is C37H42F4N8O4. The zero-order valence-corrected chi connectivity index (χ0v) is 30.1. The van der Waals surface area contributed by atoms with E-state index in [1.165, 1.54) is 11.8 Å². The minimum atomic E-state index is -4.97. The molecule has 2 fully saturated rings. The number of ether oxygens (including phenoxy) is 2. The summed E-state index contributed by atoms with van der Waals surface area (Å²) in [6.45, 7) is 9.17. The van der Waals surface area contributed by atoms with Gasteiger partial charge in [-0.3, -0.25) is 14.4 Å². The number of nitrogen functional groups attached to an aromatic ring is 1. The average molecular weight is 739 g/mol. The van der Waals surface area contributed by atoms with Crippen LogP contribution in [0.2, 0.25) is 0 Å². The van der Waals surface area contributed by atoms with Crippen molar-refractivity contribution in [2.24, 2.45) is 0 Å². The Morgan fingerprint density at radius 2 is 2.02 bits per heavy atom. The number of hydrogen-bond donors (Lipinski definition) is 2. The van der Waals surface area contributed by atoms with Crippen molar-refractivity contribution in [2.45, 2.75) is 82.6 Å². The zero-order valence-electron chi connectivity index (χ0n) is 30.1. The predicted octanol–water partition coefficient (Wildman–Crippen LogP) is 4.24. The number of hydrogen-bond acceptors (Lipinski definition) is 10. The minimum absolute atomic E-state index is 0.0133. The number of carbonyl (C=O) groups excluding carboxylic acids is 1. The molecule has 12 nitrogen and oxygen atoms in total. The fourth-order valence-corrected chi connectivity index (χ4v) is 8.17. The molecule has 16 heteroatoms. The SMILES string of the molecule is C=C1CN2CCC[C@@]2(COc2nc3c(c(N4Cc5cc(C(=O)N(C)C)nn5C[C@@](C)(O)C4)n2)CO[C@H](c2c(F)c(N)cc(C#CC)c2C(F)(F)F)C3)C1. The summed E-state index contributed by atoms with van der Waals surface area (Å²) in [6, 6.07) is 2.53. The summed E-state index contributed by atoms with van der Waals surface area (Å²) in [4.78, 5) is 27.9. The first-order valence-electron chi connectivity index (χ1n) is 17.4. The number of anilines is 2. The molecule has 6 heterocycles. The van der Waals surface area contributed by atoms with Crippen LogP contribution in [0.1, 0.15) is 83.3 Å². The van der Waals surface area contributed by atoms with Crippen LogP contribution in [-0.2, 0) is 37.0 Å². The molecule has 3 atom stereocenters. The van der Waals surface area contributed by atoms with E-state index < -0.39 is 46.1 Å². The van der Waals surface area contributed by atoms with E-state index in [2.05, 4.69) is 28.4 Å². The second kappa shape index (κ2) is 13.3. The molecule has 1 aromatic carbocycles. The van der Waals surface area contributed by atoms with Gasteiger partial charge in [-0.1, -0.05) is 18.1 Å². The summed E-state index contributed by atoms with van der Waals surface area (Å²) in [5.41, 5.74) is 4.02. The van der Waals surface area contributed by atoms with Crippen LogP contribution in [0.15, 0.2) is 24.3 Å². The van der Waals surface area contributed by atoms with Crippen LogP contribution in [0.25, 0.3) is 0 Å². The number of aliphatic hydroxyl groups is 1. The monoisotopic (exact) mass is 738 g/mol. The fourth-order valence-electron chi connectivity index (χ4n) is 8.17. The zero-order chi connectivity index (χ0) is 38.0. The summed E-state index contributed by atoms with van der Waals surface area (Å²) in [6.07, 6.45) is -4.01. The van der Waals surface area contributed by atoms with Crippen LogP contribution in [0.4, 0.5) is 29.1 Å². The molecule has 2 aromatic heterocycles. The second-order valence-electron chi connectivity index (χ2n) is 14.9. The van der Waals surface area contributed by atoms with Crippen LogP contribution in [0, 0.1) is 17.7 Å². The van der Waals surface area contributed by atoms with E-state index in [0.29, 0.717) is 22.8 Å². The van der Waals surface area contributed by atoms with Gasteiger partial charge in [0, 0.05) is 43.8 Å². The largest absolute Gasteiger partial charge is 0.461 e. The van der Waals surface area contributed by atoms with Gasteiger partial charge >= 0.3 is 12.2 Å². The van der Waals surface area contributed by atoms with Crippen molar-refractivity contribution in [3.63, 3.8) is 0 Å². The molecule has 3 aromatic rings. The van der Waals surface area contributed by atoms with Gasteiger partial charge in [0.2, 0.25) is 0 Å². The van der Waals surface area contributed by atoms with Crippen molar-refractivity contribution in [2.75, 3.05) is 51.0 Å². The normalized spacial score (nSPS) is 24.2. The number of halogens is 4. The predicted molar refractivity (Wildman–Crippen MR) is 186 cm³/mol. The Balaban J connectivity index is 1.32. The molecule has 1 amide bonds. The number of aromatic nitrogens is 4. The lowest BCUT2D eigenvalue weighted by atomic mass is 9.90. The molecule has 3 N–H and O–H groups in total. The van der Waals surface area contributed by atoms with E-state index >= 15 is 4.39 Å². The smallest absolute Gasteiger partial charge is 0.418 e. The fraction of sp³-hybridized carbons (Fsp3) is 0.514. The Labute approximate surface area is 304 Å². The third-order valence-electron chi connectivity index (χ3n) is 10.4. The van der Waals surface area contributed by atoms with Crippen LogP contribution in [0.5, 0.6) is 6.01 Å². The average Bonchev–Trinajstić information content (AvgIpc) is 3.72. The number of carbonyl (C=O) groups is 1. The molecule has 0 aliphatic carbocycles. The Kier molecular flexibility index (Phi) is 9.19. The number of alkyl halides is 3. The summed E-state index contributed by atoms with van der Waals surface area (Å²) in [5, 5.41) is 16.0. The topological polar surface area (TPSA) is 135 Å². The van der Waals surface area contributed by atoms with Crippen LogP contribution in [-0.4, -0.2) is 92.0 Å². The lowest BCUT2D eigenvalue weighted by molar-refractivity contribution is -0.140. The number of β-amino-alcohol motifs (C(OH)–C–C–N with tert-alkyl or cyclic N) is 1. The van der Waals surface area contributed by atoms with Gasteiger partial charge in [0.15, 0.2) is 11.5 Å². The van der Waals surface area contributed by atoms with Gasteiger partial charge in [0.25, 0.3) is 5.91 Å². The first-order chi connectivity index (χ1) is 25.0. The minimum Gasteiger partial charge on any atom is -0.461 e. The molecule has 53 heavy (non-hydrogen) atoms. The number of nitrogens with two attached hydrogens (primary N) is 1. The summed E-state index contributed by atoms with van der Waals surface area (Å²) < 4.78 is 73.7. The molecule has 4 aliphatic heterocycles. The van der Waals surface area contributed by atoms with E-state index in [9.17, 15) is 23.1 Å². The maximum atomic E-state index is 15.8. The van der Waals surface area contributed by atoms with Gasteiger partial charge in [-0.2, -0.15) is 28.2 Å². The number of rotatable bonds is 6. The van der Waals surface area contributed by atoms with Crippen molar-refractivity contribution in [1.82, 2.24) is 29.5 Å². The van der Waals surface area contributed by atoms with Crippen LogP contribution >= 0.6 is 0 Å². The molecule has 0 bridgehead atoms. The number of nitrogens with zero attached hydrogens (tertiary/aromatic N) is 7. The van der Waals surface area contributed by atoms with E-state index in [-0.39, 0.29) is 62.4 Å². The van der Waals surface area contributed by atoms with Crippen molar-refractivity contribution in [3.8, 4) is 17.9 Å². The highest BCUT2D eigenvalue weighted by Crippen LogP contribution is 2.45. The van der Waals surface area contributed by atoms with Crippen molar-refractivity contribution in [1.29, 1.82) is 0 Å². The van der Waals surface area contributed by atoms with Crippen molar-refractivity contribution >= 4 is 17.4 Å². The number of benzene rings is 1. The molecule has 2 saturated heterocycles. The number of amides is 1. The highest BCUT2D eigenvalue weighted by molar-refractivity contribution is 5.92. The Morgan fingerprint density at radius 3 is 2.74 bits per heavy atom. The first-order valence-corrected chi connectivity index (χ1v) is 17.4. The first kappa shape index (κ1) is 36.6. The lowest BCUT2D eigenvalue weighted by Crippen LogP contribution is -2.44. The second-order valence-corrected chi connectivity index (χ2v) is 14.9. The Hall–Kier alpha value is -4.72. The van der Waals surface area contributed by atoms with Crippen molar-refractivity contribution in [3.05, 3.63) is 69.4 Å². The summed E-state index contributed by atoms with van der Waals surface area (Å²) in [7, 11) is 3.24. The molecular weight excluding hydrogens is 696 g/mol. The quantitative estimate of drug-likeness (QED) is 0.164. The van der Waals surface area contributed by atoms with Crippen LogP contribution in [0.3, 0.4) is 0 Å². The van der Waals surface area contributed by atoms with Gasteiger partial charge in [0.1, 0.15) is 12.4 Å². The highest BCUT2D eigenvalue weighted by Gasteiger charge is 2.47.